The molecule has 0 aromatic heterocycles. The molecule has 4 unspecified atom stereocenters. The van der Waals surface area contributed by atoms with Gasteiger partial charge in [-0.15, -0.1) is 0 Å². The monoisotopic (exact) mass is 268 g/mol. The maximum Gasteiger partial charge on any atom is 0.208 e. The van der Waals surface area contributed by atoms with Gasteiger partial charge in [-0.05, 0) is 29.0 Å². The van der Waals surface area contributed by atoms with Gasteiger partial charge in [-0.3, -0.25) is 9.59 Å². The Kier molecular flexibility index (Phi) is 2.14. The van der Waals surface area contributed by atoms with E-state index < -0.39 is 5.92 Å². The first-order valence-electron chi connectivity index (χ1n) is 6.99. The summed E-state index contributed by atoms with van der Waals surface area (Å²) in [6.07, 6.45) is 2.62. The zero-order chi connectivity index (χ0) is 14.1. The molecule has 3 aliphatic carbocycles. The highest BCUT2D eigenvalue weighted by Crippen LogP contribution is 2.63. The summed E-state index contributed by atoms with van der Waals surface area (Å²) in [5.41, 5.74) is 2.28. The van der Waals surface area contributed by atoms with Crippen LogP contribution in [0.25, 0.3) is 0 Å². The van der Waals surface area contributed by atoms with Gasteiger partial charge in [0, 0.05) is 11.8 Å². The van der Waals surface area contributed by atoms with Crippen LogP contribution in [0.1, 0.15) is 24.0 Å². The molecule has 2 bridgehead atoms. The molecular weight excluding hydrogens is 252 g/mol. The van der Waals surface area contributed by atoms with E-state index in [1.807, 2.05) is 12.1 Å². The quantitative estimate of drug-likeness (QED) is 0.734. The van der Waals surface area contributed by atoms with E-state index in [0.29, 0.717) is 5.76 Å². The summed E-state index contributed by atoms with van der Waals surface area (Å²) in [4.78, 5) is 25.1. The predicted octanol–water partition coefficient (Wildman–Crippen LogP) is 2.26. The SMILES string of the molecule is COC1=CC2C(=O)C(C1=O)C1c3ccccc3CC21C. The third-order valence-corrected chi connectivity index (χ3v) is 5.39. The van der Waals surface area contributed by atoms with Gasteiger partial charge in [0.1, 0.15) is 0 Å². The van der Waals surface area contributed by atoms with E-state index in [-0.39, 0.29) is 28.8 Å². The number of ketones is 2. The summed E-state index contributed by atoms with van der Waals surface area (Å²) in [5, 5.41) is 0. The van der Waals surface area contributed by atoms with Gasteiger partial charge in [0.15, 0.2) is 11.5 Å². The molecule has 0 amide bonds. The van der Waals surface area contributed by atoms with Crippen LogP contribution in [0.15, 0.2) is 36.1 Å². The van der Waals surface area contributed by atoms with Crippen molar-refractivity contribution in [3.8, 4) is 0 Å². The Labute approximate surface area is 117 Å². The standard InChI is InChI=1S/C17H16O3/c1-17-8-9-5-3-4-6-10(9)14(17)13-15(18)11(17)7-12(20-2)16(13)19/h3-7,11,13-14H,8H2,1-2H3. The Morgan fingerprint density at radius 2 is 2.00 bits per heavy atom. The number of carbonyl (C=O) groups is 2. The number of ether oxygens (including phenoxy) is 1. The van der Waals surface area contributed by atoms with Crippen molar-refractivity contribution < 1.29 is 14.3 Å². The first-order valence-corrected chi connectivity index (χ1v) is 6.99. The van der Waals surface area contributed by atoms with Crippen molar-refractivity contribution in [2.24, 2.45) is 17.3 Å². The van der Waals surface area contributed by atoms with E-state index in [9.17, 15) is 9.59 Å². The van der Waals surface area contributed by atoms with E-state index >= 15 is 0 Å². The minimum absolute atomic E-state index is 0.00704. The zero-order valence-electron chi connectivity index (χ0n) is 11.6. The summed E-state index contributed by atoms with van der Waals surface area (Å²) in [7, 11) is 1.50. The molecule has 20 heavy (non-hydrogen) atoms. The third-order valence-electron chi connectivity index (χ3n) is 5.39. The summed E-state index contributed by atoms with van der Waals surface area (Å²) in [6, 6.07) is 8.20. The predicted molar refractivity (Wildman–Crippen MR) is 73.1 cm³/mol. The molecule has 1 aromatic carbocycles. The van der Waals surface area contributed by atoms with Crippen molar-refractivity contribution in [3.05, 3.63) is 47.2 Å². The maximum absolute atomic E-state index is 12.6. The second-order valence-corrected chi connectivity index (χ2v) is 6.32. The Morgan fingerprint density at radius 1 is 1.25 bits per heavy atom. The van der Waals surface area contributed by atoms with E-state index in [1.165, 1.54) is 18.2 Å². The molecule has 3 heteroatoms. The zero-order valence-corrected chi connectivity index (χ0v) is 11.6. The van der Waals surface area contributed by atoms with Crippen molar-refractivity contribution in [1.29, 1.82) is 0 Å². The molecule has 0 aliphatic heterocycles. The number of Topliss-reactive ketones (excluding diaryl/α,β-unsaturated/α-hetero) is 2. The van der Waals surface area contributed by atoms with E-state index in [1.54, 1.807) is 6.08 Å². The highest BCUT2D eigenvalue weighted by atomic mass is 16.5. The fourth-order valence-corrected chi connectivity index (χ4v) is 4.53. The Bertz CT molecular complexity index is 673. The van der Waals surface area contributed by atoms with Gasteiger partial charge in [0.2, 0.25) is 5.78 Å². The molecule has 4 rings (SSSR count). The van der Waals surface area contributed by atoms with E-state index in [0.717, 1.165) is 6.42 Å². The molecule has 0 radical (unpaired) electrons. The Balaban J connectivity index is 1.94. The van der Waals surface area contributed by atoms with Gasteiger partial charge in [-0.2, -0.15) is 0 Å². The van der Waals surface area contributed by atoms with Crippen LogP contribution in [0.3, 0.4) is 0 Å². The first-order chi connectivity index (χ1) is 9.58. The molecule has 4 atom stereocenters. The topological polar surface area (TPSA) is 43.4 Å². The number of carbonyl (C=O) groups excluding carboxylic acids is 2. The summed E-state index contributed by atoms with van der Waals surface area (Å²) >= 11 is 0. The molecule has 102 valence electrons. The number of benzene rings is 1. The molecule has 0 saturated heterocycles. The fourth-order valence-electron chi connectivity index (χ4n) is 4.53. The molecule has 3 nitrogen and oxygen atoms in total. The number of hydrogen-bond acceptors (Lipinski definition) is 3. The lowest BCUT2D eigenvalue weighted by molar-refractivity contribution is -0.133. The van der Waals surface area contributed by atoms with Crippen LogP contribution < -0.4 is 0 Å². The minimum atomic E-state index is -0.548. The first kappa shape index (κ1) is 11.9. The highest BCUT2D eigenvalue weighted by Gasteiger charge is 2.64. The number of methoxy groups -OCH3 is 1. The summed E-state index contributed by atoms with van der Waals surface area (Å²) in [6.45, 7) is 2.14. The van der Waals surface area contributed by atoms with Crippen molar-refractivity contribution in [1.82, 2.24) is 0 Å². The van der Waals surface area contributed by atoms with Gasteiger partial charge in [0.25, 0.3) is 0 Å². The molecule has 1 saturated carbocycles. The molecule has 3 aliphatic rings. The van der Waals surface area contributed by atoms with Gasteiger partial charge in [-0.1, -0.05) is 31.2 Å². The van der Waals surface area contributed by atoms with Gasteiger partial charge < -0.3 is 4.74 Å². The lowest BCUT2D eigenvalue weighted by atomic mass is 9.74. The Hall–Kier alpha value is -1.90. The van der Waals surface area contributed by atoms with Crippen LogP contribution in [0.2, 0.25) is 0 Å². The lowest BCUT2D eigenvalue weighted by Crippen LogP contribution is -2.31. The fraction of sp³-hybridized carbons (Fsp3) is 0.412. The lowest BCUT2D eigenvalue weighted by Gasteiger charge is -2.28. The minimum Gasteiger partial charge on any atom is -0.493 e. The van der Waals surface area contributed by atoms with Crippen LogP contribution >= 0.6 is 0 Å². The van der Waals surface area contributed by atoms with Crippen LogP contribution in [0.4, 0.5) is 0 Å². The average Bonchev–Trinajstić information content (AvgIpc) is 2.80. The molecule has 1 fully saturated rings. The molecule has 1 aromatic rings. The number of allylic oxidation sites excluding steroid dienone is 2. The van der Waals surface area contributed by atoms with E-state index in [4.69, 9.17) is 4.74 Å². The smallest absolute Gasteiger partial charge is 0.208 e. The van der Waals surface area contributed by atoms with Crippen LogP contribution in [0, 0.1) is 17.3 Å². The number of rotatable bonds is 1. The summed E-state index contributed by atoms with van der Waals surface area (Å²) in [5.74, 6) is -0.427. The van der Waals surface area contributed by atoms with Gasteiger partial charge in [-0.25, -0.2) is 0 Å². The molecule has 0 N–H and O–H groups in total. The average molecular weight is 268 g/mol. The van der Waals surface area contributed by atoms with E-state index in [2.05, 4.69) is 19.1 Å². The van der Waals surface area contributed by atoms with Crippen LogP contribution in [-0.2, 0) is 20.7 Å². The van der Waals surface area contributed by atoms with Crippen LogP contribution in [0.5, 0.6) is 0 Å². The third kappa shape index (κ3) is 1.17. The van der Waals surface area contributed by atoms with Gasteiger partial charge in [0.05, 0.1) is 13.0 Å². The second kappa shape index (κ2) is 3.60. The second-order valence-electron chi connectivity index (χ2n) is 6.32. The summed E-state index contributed by atoms with van der Waals surface area (Å²) < 4.78 is 5.19. The maximum atomic E-state index is 12.6. The normalized spacial score (nSPS) is 37.5. The van der Waals surface area contributed by atoms with Crippen molar-refractivity contribution >= 4 is 11.6 Å². The van der Waals surface area contributed by atoms with Crippen molar-refractivity contribution in [2.45, 2.75) is 19.3 Å². The largest absolute Gasteiger partial charge is 0.493 e. The Morgan fingerprint density at radius 3 is 2.75 bits per heavy atom. The van der Waals surface area contributed by atoms with Gasteiger partial charge >= 0.3 is 0 Å². The van der Waals surface area contributed by atoms with Crippen molar-refractivity contribution in [3.63, 3.8) is 0 Å². The number of fused-ring (bicyclic) bond motifs is 7. The van der Waals surface area contributed by atoms with Crippen LogP contribution in [-0.4, -0.2) is 18.7 Å². The molecule has 0 spiro atoms. The highest BCUT2D eigenvalue weighted by molar-refractivity contribution is 6.16. The number of hydrogen-bond donors (Lipinski definition) is 0. The molecule has 0 heterocycles. The molecular formula is C17H16O3. The van der Waals surface area contributed by atoms with Crippen molar-refractivity contribution in [2.75, 3.05) is 7.11 Å².